The van der Waals surface area contributed by atoms with E-state index < -0.39 is 34.4 Å². The molecule has 1 heterocycles. The van der Waals surface area contributed by atoms with Crippen LogP contribution in [0.5, 0.6) is 5.75 Å². The lowest BCUT2D eigenvalue weighted by Gasteiger charge is -2.23. The van der Waals surface area contributed by atoms with E-state index in [4.69, 9.17) is 16.3 Å². The van der Waals surface area contributed by atoms with Crippen LogP contribution in [0, 0.1) is 0 Å². The predicted octanol–water partition coefficient (Wildman–Crippen LogP) is 0.848. The molecule has 0 saturated carbocycles. The third-order valence-corrected chi connectivity index (χ3v) is 5.64. The average Bonchev–Trinajstić information content (AvgIpc) is 2.83. The summed E-state index contributed by atoms with van der Waals surface area (Å²) in [5, 5.41) is 9.88. The minimum absolute atomic E-state index is 0.0493. The van der Waals surface area contributed by atoms with Gasteiger partial charge in [-0.05, 0) is 24.6 Å². The predicted molar refractivity (Wildman–Crippen MR) is 83.2 cm³/mol. The number of benzene rings is 1. The Labute approximate surface area is 138 Å². The molecule has 1 aromatic carbocycles. The van der Waals surface area contributed by atoms with E-state index in [2.05, 4.69) is 0 Å². The van der Waals surface area contributed by atoms with Gasteiger partial charge in [-0.15, -0.1) is 0 Å². The molecule has 1 amide bonds. The fourth-order valence-electron chi connectivity index (χ4n) is 2.27. The Morgan fingerprint density at radius 2 is 2.13 bits per heavy atom. The first-order valence-corrected chi connectivity index (χ1v) is 9.01. The molecular formula is C14H16ClNO6S. The SMILES string of the molecule is CN(C(=O)COC(=O)c1ccc(Cl)cc1O)[C@H]1CCS(=O)(=O)C1. The van der Waals surface area contributed by atoms with Crippen LogP contribution in [0.15, 0.2) is 18.2 Å². The van der Waals surface area contributed by atoms with Crippen molar-refractivity contribution in [2.24, 2.45) is 0 Å². The number of hydrogen-bond acceptors (Lipinski definition) is 6. The van der Waals surface area contributed by atoms with E-state index in [1.54, 1.807) is 0 Å². The topological polar surface area (TPSA) is 101 Å². The van der Waals surface area contributed by atoms with Crippen LogP contribution in [0.3, 0.4) is 0 Å². The van der Waals surface area contributed by atoms with Crippen LogP contribution in [0.4, 0.5) is 0 Å². The Morgan fingerprint density at radius 1 is 1.43 bits per heavy atom. The second-order valence-electron chi connectivity index (χ2n) is 5.30. The second kappa shape index (κ2) is 6.76. The number of sulfone groups is 1. The summed E-state index contributed by atoms with van der Waals surface area (Å²) in [6, 6.07) is 3.48. The molecule has 0 bridgehead atoms. The number of aromatic hydroxyl groups is 1. The largest absolute Gasteiger partial charge is 0.507 e. The summed E-state index contributed by atoms with van der Waals surface area (Å²) >= 11 is 5.66. The summed E-state index contributed by atoms with van der Waals surface area (Å²) in [4.78, 5) is 25.1. The van der Waals surface area contributed by atoms with Gasteiger partial charge in [0.1, 0.15) is 11.3 Å². The van der Waals surface area contributed by atoms with Gasteiger partial charge in [-0.1, -0.05) is 11.6 Å². The molecule has 7 nitrogen and oxygen atoms in total. The summed E-state index contributed by atoms with van der Waals surface area (Å²) in [7, 11) is -1.63. The van der Waals surface area contributed by atoms with E-state index in [-0.39, 0.29) is 27.8 Å². The number of esters is 1. The van der Waals surface area contributed by atoms with E-state index >= 15 is 0 Å². The maximum Gasteiger partial charge on any atom is 0.342 e. The van der Waals surface area contributed by atoms with Gasteiger partial charge >= 0.3 is 5.97 Å². The summed E-state index contributed by atoms with van der Waals surface area (Å²) in [6.45, 7) is -0.534. The van der Waals surface area contributed by atoms with Gasteiger partial charge in [0.15, 0.2) is 16.4 Å². The number of ether oxygens (including phenoxy) is 1. The molecule has 1 saturated heterocycles. The molecule has 1 aliphatic heterocycles. The van der Waals surface area contributed by atoms with Crippen molar-refractivity contribution in [3.8, 4) is 5.75 Å². The van der Waals surface area contributed by atoms with Gasteiger partial charge in [-0.2, -0.15) is 0 Å². The number of hydrogen-bond donors (Lipinski definition) is 1. The zero-order valence-electron chi connectivity index (χ0n) is 12.4. The fraction of sp³-hybridized carbons (Fsp3) is 0.429. The van der Waals surface area contributed by atoms with Crippen molar-refractivity contribution in [3.63, 3.8) is 0 Å². The highest BCUT2D eigenvalue weighted by Crippen LogP contribution is 2.22. The summed E-state index contributed by atoms with van der Waals surface area (Å²) in [6.07, 6.45) is 0.372. The molecule has 2 rings (SSSR count). The second-order valence-corrected chi connectivity index (χ2v) is 7.96. The van der Waals surface area contributed by atoms with Crippen molar-refractivity contribution >= 4 is 33.3 Å². The van der Waals surface area contributed by atoms with Gasteiger partial charge < -0.3 is 14.7 Å². The Morgan fingerprint density at radius 3 is 2.70 bits per heavy atom. The van der Waals surface area contributed by atoms with E-state index in [0.29, 0.717) is 6.42 Å². The van der Waals surface area contributed by atoms with Crippen molar-refractivity contribution in [1.82, 2.24) is 4.90 Å². The number of phenols is 1. The molecule has 1 fully saturated rings. The van der Waals surface area contributed by atoms with Gasteiger partial charge in [0, 0.05) is 18.1 Å². The number of carbonyl (C=O) groups is 2. The lowest BCUT2D eigenvalue weighted by atomic mass is 10.2. The quantitative estimate of drug-likeness (QED) is 0.798. The monoisotopic (exact) mass is 361 g/mol. The molecule has 0 aliphatic carbocycles. The molecule has 1 N–H and O–H groups in total. The number of phenolic OH excluding ortho intramolecular Hbond substituents is 1. The van der Waals surface area contributed by atoms with E-state index in [9.17, 15) is 23.1 Å². The van der Waals surface area contributed by atoms with Gasteiger partial charge in [-0.3, -0.25) is 4.79 Å². The molecule has 23 heavy (non-hydrogen) atoms. The number of likely N-dealkylation sites (N-methyl/N-ethyl adjacent to an activating group) is 1. The van der Waals surface area contributed by atoms with Gasteiger partial charge in [0.25, 0.3) is 5.91 Å². The first-order chi connectivity index (χ1) is 10.7. The molecule has 0 spiro atoms. The minimum Gasteiger partial charge on any atom is -0.507 e. The lowest BCUT2D eigenvalue weighted by Crippen LogP contribution is -2.40. The first kappa shape index (κ1) is 17.6. The summed E-state index contributed by atoms with van der Waals surface area (Å²) in [5.41, 5.74) is -0.103. The van der Waals surface area contributed by atoms with Crippen LogP contribution < -0.4 is 0 Å². The number of halogens is 1. The molecule has 1 atom stereocenters. The molecule has 126 valence electrons. The van der Waals surface area contributed by atoms with Crippen LogP contribution in [-0.2, 0) is 19.4 Å². The van der Waals surface area contributed by atoms with Crippen molar-refractivity contribution in [2.75, 3.05) is 25.2 Å². The van der Waals surface area contributed by atoms with E-state index in [0.717, 1.165) is 0 Å². The van der Waals surface area contributed by atoms with Gasteiger partial charge in [0.05, 0.1) is 11.5 Å². The normalized spacial score (nSPS) is 19.3. The standard InChI is InChI=1S/C14H16ClNO6S/c1-16(10-4-5-23(20,21)8-10)13(18)7-22-14(19)11-3-2-9(15)6-12(11)17/h2-3,6,10,17H,4-5,7-8H2,1H3/t10-/m0/s1. The highest BCUT2D eigenvalue weighted by atomic mass is 35.5. The summed E-state index contributed by atoms with van der Waals surface area (Å²) < 4.78 is 27.7. The van der Waals surface area contributed by atoms with Crippen molar-refractivity contribution < 1.29 is 27.9 Å². The third kappa shape index (κ3) is 4.35. The average molecular weight is 362 g/mol. The van der Waals surface area contributed by atoms with E-state index in [1.165, 1.54) is 30.1 Å². The number of nitrogens with zero attached hydrogens (tertiary/aromatic N) is 1. The maximum atomic E-state index is 12.0. The van der Waals surface area contributed by atoms with Gasteiger partial charge in [-0.25, -0.2) is 13.2 Å². The van der Waals surface area contributed by atoms with Crippen LogP contribution in [0.1, 0.15) is 16.8 Å². The smallest absolute Gasteiger partial charge is 0.342 e. The molecular weight excluding hydrogens is 346 g/mol. The Bertz CT molecular complexity index is 733. The lowest BCUT2D eigenvalue weighted by molar-refractivity contribution is -0.134. The minimum atomic E-state index is -3.11. The molecule has 0 unspecified atom stereocenters. The van der Waals surface area contributed by atoms with Crippen molar-refractivity contribution in [3.05, 3.63) is 28.8 Å². The maximum absolute atomic E-state index is 12.0. The first-order valence-electron chi connectivity index (χ1n) is 6.81. The zero-order valence-corrected chi connectivity index (χ0v) is 13.9. The number of rotatable bonds is 4. The Hall–Kier alpha value is -1.80. The number of carbonyl (C=O) groups excluding carboxylic acids is 2. The molecule has 1 aromatic rings. The van der Waals surface area contributed by atoms with E-state index in [1.807, 2.05) is 0 Å². The van der Waals surface area contributed by atoms with Crippen molar-refractivity contribution in [2.45, 2.75) is 12.5 Å². The van der Waals surface area contributed by atoms with Crippen LogP contribution in [0.2, 0.25) is 5.02 Å². The van der Waals surface area contributed by atoms with Crippen LogP contribution in [0.25, 0.3) is 0 Å². The zero-order chi connectivity index (χ0) is 17.2. The molecule has 9 heteroatoms. The Kier molecular flexibility index (Phi) is 5.16. The van der Waals surface area contributed by atoms with Crippen LogP contribution in [-0.4, -0.2) is 61.5 Å². The third-order valence-electron chi connectivity index (χ3n) is 3.66. The van der Waals surface area contributed by atoms with Gasteiger partial charge in [0.2, 0.25) is 0 Å². The fourth-order valence-corrected chi connectivity index (χ4v) is 4.21. The molecule has 1 aliphatic rings. The van der Waals surface area contributed by atoms with Crippen molar-refractivity contribution in [1.29, 1.82) is 0 Å². The molecule has 0 radical (unpaired) electrons. The number of amides is 1. The Balaban J connectivity index is 1.92. The van der Waals surface area contributed by atoms with Crippen LogP contribution >= 0.6 is 11.6 Å². The highest BCUT2D eigenvalue weighted by molar-refractivity contribution is 7.91. The molecule has 0 aromatic heterocycles. The summed E-state index contributed by atoms with van der Waals surface area (Å²) in [5.74, 6) is -1.74. The highest BCUT2D eigenvalue weighted by Gasteiger charge is 2.33.